The van der Waals surface area contributed by atoms with E-state index >= 15 is 0 Å². The Morgan fingerprint density at radius 2 is 1.88 bits per heavy atom. The van der Waals surface area contributed by atoms with Gasteiger partial charge in [-0.25, -0.2) is 0 Å². The molecule has 0 spiro atoms. The molecule has 0 saturated carbocycles. The van der Waals surface area contributed by atoms with E-state index in [-0.39, 0.29) is 37.8 Å². The van der Waals surface area contributed by atoms with Gasteiger partial charge in [0.15, 0.2) is 0 Å². The number of halogens is 1. The summed E-state index contributed by atoms with van der Waals surface area (Å²) in [6, 6.07) is 12.5. The van der Waals surface area contributed by atoms with Crippen LogP contribution in [0.3, 0.4) is 0 Å². The molecule has 3 amide bonds. The molecule has 1 saturated heterocycles. The molecule has 1 atom stereocenters. The molecular weight excluding hydrogens is 456 g/mol. The van der Waals surface area contributed by atoms with Crippen LogP contribution in [0.2, 0.25) is 5.02 Å². The summed E-state index contributed by atoms with van der Waals surface area (Å²) in [6.07, 6.45) is 2.95. The van der Waals surface area contributed by atoms with Gasteiger partial charge in [0.25, 0.3) is 0 Å². The minimum atomic E-state index is -1.36. The third kappa shape index (κ3) is 4.51. The highest BCUT2D eigenvalue weighted by atomic mass is 35.5. The number of benzene rings is 2. The molecule has 8 nitrogen and oxygen atoms in total. The lowest BCUT2D eigenvalue weighted by atomic mass is 9.75. The van der Waals surface area contributed by atoms with E-state index in [9.17, 15) is 14.4 Å². The molecule has 1 unspecified atom stereocenters. The molecule has 2 aromatic carbocycles. The molecule has 9 heteroatoms. The van der Waals surface area contributed by atoms with Crippen LogP contribution in [0.1, 0.15) is 24.0 Å². The Bertz CT molecular complexity index is 1250. The van der Waals surface area contributed by atoms with Gasteiger partial charge in [-0.2, -0.15) is 0 Å². The number of imide groups is 1. The van der Waals surface area contributed by atoms with Crippen LogP contribution < -0.4 is 0 Å². The van der Waals surface area contributed by atoms with Crippen LogP contribution in [0.15, 0.2) is 54.9 Å². The van der Waals surface area contributed by atoms with Gasteiger partial charge in [0, 0.05) is 51.0 Å². The van der Waals surface area contributed by atoms with Crippen LogP contribution in [0.5, 0.6) is 0 Å². The van der Waals surface area contributed by atoms with Gasteiger partial charge in [-0.15, -0.1) is 0 Å². The van der Waals surface area contributed by atoms with Crippen molar-refractivity contribution in [1.29, 1.82) is 0 Å². The number of hydrogen-bond acceptors (Lipinski definition) is 6. The van der Waals surface area contributed by atoms with Crippen LogP contribution in [-0.2, 0) is 31.1 Å². The van der Waals surface area contributed by atoms with Crippen LogP contribution in [-0.4, -0.2) is 64.8 Å². The first-order chi connectivity index (χ1) is 16.4. The number of aromatic nitrogens is 2. The number of rotatable bonds is 8. The van der Waals surface area contributed by atoms with Crippen molar-refractivity contribution >= 4 is 40.4 Å². The second-order valence-corrected chi connectivity index (χ2v) is 8.80. The van der Waals surface area contributed by atoms with E-state index in [1.54, 1.807) is 48.6 Å². The number of fused-ring (bicyclic) bond motifs is 1. The number of likely N-dealkylation sites (tertiary alicyclic amines) is 1. The number of hydrogen-bond donors (Lipinski definition) is 0. The predicted octanol–water partition coefficient (Wildman–Crippen LogP) is 2.98. The summed E-state index contributed by atoms with van der Waals surface area (Å²) >= 11 is 6.46. The number of amides is 3. The Labute approximate surface area is 202 Å². The van der Waals surface area contributed by atoms with Crippen molar-refractivity contribution in [2.75, 3.05) is 27.3 Å². The summed E-state index contributed by atoms with van der Waals surface area (Å²) in [5.41, 5.74) is 1.51. The van der Waals surface area contributed by atoms with E-state index in [4.69, 9.17) is 16.3 Å². The fourth-order valence-corrected chi connectivity index (χ4v) is 4.68. The number of nitrogens with zero attached hydrogens (tertiary/aromatic N) is 4. The molecule has 34 heavy (non-hydrogen) atoms. The lowest BCUT2D eigenvalue weighted by molar-refractivity contribution is -0.143. The minimum absolute atomic E-state index is 0.121. The lowest BCUT2D eigenvalue weighted by Gasteiger charge is -2.30. The number of ether oxygens (including phenoxy) is 1. The van der Waals surface area contributed by atoms with Crippen LogP contribution >= 0.6 is 11.6 Å². The average Bonchev–Trinajstić information content (AvgIpc) is 3.07. The number of carbonyl (C=O) groups is 3. The SMILES string of the molecule is COCCN1C(=O)CC(CC(=O)N(C)Cc2ccc3nccnc3c2)(c2ccccc2Cl)C1=O. The van der Waals surface area contributed by atoms with Gasteiger partial charge in [0.1, 0.15) is 0 Å². The Kier molecular flexibility index (Phi) is 6.90. The van der Waals surface area contributed by atoms with Crippen molar-refractivity contribution in [2.45, 2.75) is 24.8 Å². The van der Waals surface area contributed by atoms with Crippen molar-refractivity contribution in [2.24, 2.45) is 0 Å². The van der Waals surface area contributed by atoms with Crippen LogP contribution in [0, 0.1) is 0 Å². The van der Waals surface area contributed by atoms with E-state index in [0.717, 1.165) is 16.6 Å². The van der Waals surface area contributed by atoms with Gasteiger partial charge < -0.3 is 9.64 Å². The highest BCUT2D eigenvalue weighted by Crippen LogP contribution is 2.43. The summed E-state index contributed by atoms with van der Waals surface area (Å²) in [5, 5.41) is 0.348. The maximum Gasteiger partial charge on any atom is 0.241 e. The van der Waals surface area contributed by atoms with Gasteiger partial charge in [-0.1, -0.05) is 35.9 Å². The number of methoxy groups -OCH3 is 1. The molecule has 2 heterocycles. The molecule has 1 fully saturated rings. The fraction of sp³-hybridized carbons (Fsp3) is 0.320. The summed E-state index contributed by atoms with van der Waals surface area (Å²) in [4.78, 5) is 51.1. The van der Waals surface area contributed by atoms with Gasteiger partial charge in [0.05, 0.1) is 29.6 Å². The second-order valence-electron chi connectivity index (χ2n) is 8.39. The van der Waals surface area contributed by atoms with E-state index in [2.05, 4.69) is 9.97 Å². The third-order valence-corrected chi connectivity index (χ3v) is 6.48. The Hall–Kier alpha value is -3.36. The van der Waals surface area contributed by atoms with Crippen LogP contribution in [0.25, 0.3) is 11.0 Å². The van der Waals surface area contributed by atoms with Crippen molar-refractivity contribution in [3.05, 3.63) is 71.0 Å². The van der Waals surface area contributed by atoms with Crippen LogP contribution in [0.4, 0.5) is 0 Å². The maximum atomic E-state index is 13.6. The summed E-state index contributed by atoms with van der Waals surface area (Å²) in [7, 11) is 3.18. The summed E-state index contributed by atoms with van der Waals surface area (Å²) < 4.78 is 5.06. The standard InChI is InChI=1S/C25H25ClN4O4/c1-29(16-17-7-8-20-21(13-17)28-10-9-27-20)22(31)14-25(18-5-3-4-6-19(18)26)15-23(32)30(24(25)33)11-12-34-2/h3-10,13H,11-12,14-16H2,1-2H3. The highest BCUT2D eigenvalue weighted by Gasteiger charge is 2.54. The molecule has 4 rings (SSSR count). The molecule has 0 aliphatic carbocycles. The molecule has 0 bridgehead atoms. The first kappa shape index (κ1) is 23.8. The molecule has 1 aliphatic heterocycles. The quantitative estimate of drug-likeness (QED) is 0.460. The zero-order valence-electron chi connectivity index (χ0n) is 19.0. The monoisotopic (exact) mass is 480 g/mol. The molecule has 0 radical (unpaired) electrons. The average molecular weight is 481 g/mol. The zero-order valence-corrected chi connectivity index (χ0v) is 19.8. The summed E-state index contributed by atoms with van der Waals surface area (Å²) in [6.45, 7) is 0.663. The molecule has 176 valence electrons. The molecule has 3 aromatic rings. The van der Waals surface area contributed by atoms with Gasteiger partial charge in [-0.05, 0) is 29.3 Å². The van der Waals surface area contributed by atoms with Crippen molar-refractivity contribution in [3.63, 3.8) is 0 Å². The molecule has 1 aliphatic rings. The maximum absolute atomic E-state index is 13.6. The molecular formula is C25H25ClN4O4. The molecule has 0 N–H and O–H groups in total. The smallest absolute Gasteiger partial charge is 0.241 e. The highest BCUT2D eigenvalue weighted by molar-refractivity contribution is 6.32. The van der Waals surface area contributed by atoms with Crippen molar-refractivity contribution in [3.8, 4) is 0 Å². The normalized spacial score (nSPS) is 18.0. The zero-order chi connectivity index (χ0) is 24.3. The van der Waals surface area contributed by atoms with Gasteiger partial charge in [-0.3, -0.25) is 29.3 Å². The Balaban J connectivity index is 1.61. The van der Waals surface area contributed by atoms with Crippen molar-refractivity contribution < 1.29 is 19.1 Å². The third-order valence-electron chi connectivity index (χ3n) is 6.15. The molecule has 1 aromatic heterocycles. The van der Waals surface area contributed by atoms with E-state index in [1.807, 2.05) is 18.2 Å². The second kappa shape index (κ2) is 9.87. The lowest BCUT2D eigenvalue weighted by Crippen LogP contribution is -2.43. The number of carbonyl (C=O) groups excluding carboxylic acids is 3. The topological polar surface area (TPSA) is 92.7 Å². The summed E-state index contributed by atoms with van der Waals surface area (Å²) in [5.74, 6) is -1.04. The Morgan fingerprint density at radius 3 is 2.62 bits per heavy atom. The largest absolute Gasteiger partial charge is 0.383 e. The Morgan fingerprint density at radius 1 is 1.15 bits per heavy atom. The van der Waals surface area contributed by atoms with Crippen molar-refractivity contribution in [1.82, 2.24) is 19.8 Å². The first-order valence-electron chi connectivity index (χ1n) is 10.9. The van der Waals surface area contributed by atoms with E-state index < -0.39 is 11.3 Å². The van der Waals surface area contributed by atoms with Gasteiger partial charge >= 0.3 is 0 Å². The fourth-order valence-electron chi connectivity index (χ4n) is 4.37. The first-order valence-corrected chi connectivity index (χ1v) is 11.3. The van der Waals surface area contributed by atoms with Gasteiger partial charge in [0.2, 0.25) is 17.7 Å². The predicted molar refractivity (Wildman–Crippen MR) is 127 cm³/mol. The van der Waals surface area contributed by atoms with E-state index in [0.29, 0.717) is 17.1 Å². The minimum Gasteiger partial charge on any atom is -0.383 e. The van der Waals surface area contributed by atoms with E-state index in [1.165, 1.54) is 12.0 Å².